The smallest absolute Gasteiger partial charge is 0.0602 e. The summed E-state index contributed by atoms with van der Waals surface area (Å²) in [6, 6.07) is 11.0. The molecule has 0 amide bonds. The molecule has 0 spiro atoms. The maximum Gasteiger partial charge on any atom is 0.0602 e. The van der Waals surface area contributed by atoms with Gasteiger partial charge in [0.1, 0.15) is 0 Å². The lowest BCUT2D eigenvalue weighted by Crippen LogP contribution is -2.24. The molecule has 0 aliphatic heterocycles. The second kappa shape index (κ2) is 7.18. The lowest BCUT2D eigenvalue weighted by Gasteiger charge is -2.21. The Morgan fingerprint density at radius 3 is 2.65 bits per heavy atom. The van der Waals surface area contributed by atoms with Crippen molar-refractivity contribution in [2.75, 3.05) is 6.54 Å². The Labute approximate surface area is 135 Å². The zero-order valence-corrected chi connectivity index (χ0v) is 14.4. The molecule has 2 nitrogen and oxygen atoms in total. The van der Waals surface area contributed by atoms with E-state index < -0.39 is 0 Å². The summed E-state index contributed by atoms with van der Waals surface area (Å²) in [6.45, 7) is 7.38. The number of nitrogens with zero attached hydrogens (tertiary/aromatic N) is 1. The van der Waals surface area contributed by atoms with Crippen molar-refractivity contribution in [2.24, 2.45) is 0 Å². The van der Waals surface area contributed by atoms with Gasteiger partial charge in [0, 0.05) is 15.5 Å². The molecule has 1 aromatic heterocycles. The van der Waals surface area contributed by atoms with Crippen molar-refractivity contribution in [3.8, 4) is 0 Å². The molecule has 1 unspecified atom stereocenters. The molecule has 1 aromatic carbocycles. The molecular weight excluding hydrogens is 359 g/mol. The quantitative estimate of drug-likeness (QED) is 0.779. The van der Waals surface area contributed by atoms with Crippen LogP contribution in [-0.4, -0.2) is 11.5 Å². The maximum absolute atomic E-state index is 4.44. The molecular formula is C17H21IN2. The number of hydrogen-bond acceptors (Lipinski definition) is 2. The zero-order chi connectivity index (χ0) is 14.5. The van der Waals surface area contributed by atoms with Crippen molar-refractivity contribution in [2.45, 2.75) is 33.2 Å². The van der Waals surface area contributed by atoms with Gasteiger partial charge < -0.3 is 5.32 Å². The van der Waals surface area contributed by atoms with Crippen LogP contribution >= 0.6 is 22.6 Å². The Morgan fingerprint density at radius 1 is 1.20 bits per heavy atom. The Morgan fingerprint density at radius 2 is 2.00 bits per heavy atom. The molecule has 1 atom stereocenters. The summed E-state index contributed by atoms with van der Waals surface area (Å²) < 4.78 is 1.33. The van der Waals surface area contributed by atoms with Crippen LogP contribution in [0, 0.1) is 17.4 Å². The van der Waals surface area contributed by atoms with Crippen molar-refractivity contribution < 1.29 is 0 Å². The van der Waals surface area contributed by atoms with Crippen LogP contribution < -0.4 is 5.32 Å². The Kier molecular flexibility index (Phi) is 5.54. The van der Waals surface area contributed by atoms with Gasteiger partial charge in [-0.1, -0.05) is 31.2 Å². The predicted molar refractivity (Wildman–Crippen MR) is 93.0 cm³/mol. The third kappa shape index (κ3) is 3.58. The first-order chi connectivity index (χ1) is 9.63. The fourth-order valence-electron chi connectivity index (χ4n) is 2.24. The minimum Gasteiger partial charge on any atom is -0.306 e. The van der Waals surface area contributed by atoms with E-state index in [4.69, 9.17) is 0 Å². The van der Waals surface area contributed by atoms with Gasteiger partial charge in [0.15, 0.2) is 0 Å². The third-order valence-corrected chi connectivity index (χ3v) is 4.87. The summed E-state index contributed by atoms with van der Waals surface area (Å²) in [7, 11) is 0. The van der Waals surface area contributed by atoms with Crippen LogP contribution in [-0.2, 0) is 0 Å². The average molecular weight is 380 g/mol. The highest BCUT2D eigenvalue weighted by Crippen LogP contribution is 2.28. The monoisotopic (exact) mass is 380 g/mol. The van der Waals surface area contributed by atoms with Crippen LogP contribution in [0.5, 0.6) is 0 Å². The molecule has 1 heterocycles. The molecule has 0 saturated carbocycles. The van der Waals surface area contributed by atoms with Gasteiger partial charge in [-0.2, -0.15) is 0 Å². The van der Waals surface area contributed by atoms with E-state index >= 15 is 0 Å². The fourth-order valence-corrected chi connectivity index (χ4v) is 2.91. The second-order valence-corrected chi connectivity index (χ2v) is 6.18. The minimum atomic E-state index is 0.217. The summed E-state index contributed by atoms with van der Waals surface area (Å²) in [6.07, 6.45) is 3.11. The van der Waals surface area contributed by atoms with Crippen LogP contribution in [0.4, 0.5) is 0 Å². The van der Waals surface area contributed by atoms with Crippen LogP contribution in [0.3, 0.4) is 0 Å². The van der Waals surface area contributed by atoms with Gasteiger partial charge in [0.2, 0.25) is 0 Å². The lowest BCUT2D eigenvalue weighted by molar-refractivity contribution is 0.594. The fraction of sp³-hybridized carbons (Fsp3) is 0.353. The second-order valence-electron chi connectivity index (χ2n) is 5.10. The number of nitrogens with one attached hydrogen (secondary N) is 1. The number of hydrogen-bond donors (Lipinski definition) is 1. The zero-order valence-electron chi connectivity index (χ0n) is 12.3. The Balaban J connectivity index is 2.41. The summed E-state index contributed by atoms with van der Waals surface area (Å²) in [5.74, 6) is 0. The van der Waals surface area contributed by atoms with Crippen molar-refractivity contribution >= 4 is 22.6 Å². The van der Waals surface area contributed by atoms with E-state index in [0.717, 1.165) is 18.7 Å². The van der Waals surface area contributed by atoms with Gasteiger partial charge in [-0.15, -0.1) is 0 Å². The largest absolute Gasteiger partial charge is 0.306 e. The summed E-state index contributed by atoms with van der Waals surface area (Å²) in [4.78, 5) is 4.44. The molecule has 0 saturated heterocycles. The number of aryl methyl sites for hydroxylation is 2. The molecule has 2 rings (SSSR count). The lowest BCUT2D eigenvalue weighted by atomic mass is 9.98. The van der Waals surface area contributed by atoms with Crippen LogP contribution in [0.15, 0.2) is 36.5 Å². The molecule has 20 heavy (non-hydrogen) atoms. The molecule has 0 bridgehead atoms. The van der Waals surface area contributed by atoms with E-state index in [1.807, 2.05) is 13.1 Å². The van der Waals surface area contributed by atoms with Crippen molar-refractivity contribution in [3.63, 3.8) is 0 Å². The Bertz CT molecular complexity index is 564. The van der Waals surface area contributed by atoms with Gasteiger partial charge in [-0.05, 0) is 72.2 Å². The highest BCUT2D eigenvalue weighted by Gasteiger charge is 2.17. The number of rotatable bonds is 5. The highest BCUT2D eigenvalue weighted by atomic mass is 127. The number of aromatic nitrogens is 1. The molecule has 0 aliphatic carbocycles. The standard InChI is InChI=1S/C17H21IN2/c1-4-10-19-17(14-9-8-13(3)20-11-14)15-7-5-6-12(2)16(15)18/h5-9,11,17,19H,4,10H2,1-3H3. The summed E-state index contributed by atoms with van der Waals surface area (Å²) >= 11 is 2.44. The van der Waals surface area contributed by atoms with Crippen molar-refractivity contribution in [1.29, 1.82) is 0 Å². The van der Waals surface area contributed by atoms with E-state index in [-0.39, 0.29) is 6.04 Å². The summed E-state index contributed by atoms with van der Waals surface area (Å²) in [5.41, 5.74) is 4.95. The first-order valence-electron chi connectivity index (χ1n) is 7.04. The minimum absolute atomic E-state index is 0.217. The highest BCUT2D eigenvalue weighted by molar-refractivity contribution is 14.1. The third-order valence-electron chi connectivity index (χ3n) is 3.40. The number of benzene rings is 1. The van der Waals surface area contributed by atoms with Gasteiger partial charge in [-0.3, -0.25) is 4.98 Å². The average Bonchev–Trinajstić information content (AvgIpc) is 2.45. The maximum atomic E-state index is 4.44. The van der Waals surface area contributed by atoms with Gasteiger partial charge in [-0.25, -0.2) is 0 Å². The molecule has 0 fully saturated rings. The van der Waals surface area contributed by atoms with Crippen molar-refractivity contribution in [1.82, 2.24) is 10.3 Å². The molecule has 106 valence electrons. The van der Waals surface area contributed by atoms with Crippen LogP contribution in [0.2, 0.25) is 0 Å². The van der Waals surface area contributed by atoms with E-state index in [1.54, 1.807) is 0 Å². The Hall–Kier alpha value is -0.940. The van der Waals surface area contributed by atoms with E-state index in [1.165, 1.54) is 20.3 Å². The molecule has 0 aliphatic rings. The van der Waals surface area contributed by atoms with E-state index in [9.17, 15) is 0 Å². The van der Waals surface area contributed by atoms with Gasteiger partial charge >= 0.3 is 0 Å². The van der Waals surface area contributed by atoms with Crippen LogP contribution in [0.1, 0.15) is 41.8 Å². The van der Waals surface area contributed by atoms with Gasteiger partial charge in [0.25, 0.3) is 0 Å². The molecule has 2 aromatic rings. The normalized spacial score (nSPS) is 12.4. The predicted octanol–water partition coefficient (Wildman–Crippen LogP) is 4.39. The molecule has 0 radical (unpaired) electrons. The van der Waals surface area contributed by atoms with E-state index in [2.05, 4.69) is 77.1 Å². The molecule has 3 heteroatoms. The van der Waals surface area contributed by atoms with Crippen LogP contribution in [0.25, 0.3) is 0 Å². The SMILES string of the molecule is CCCNC(c1ccc(C)nc1)c1cccc(C)c1I. The van der Waals surface area contributed by atoms with Crippen molar-refractivity contribution in [3.05, 3.63) is 62.5 Å². The summed E-state index contributed by atoms with van der Waals surface area (Å²) in [5, 5.41) is 3.64. The molecule has 1 N–H and O–H groups in total. The first kappa shape index (κ1) is 15.4. The van der Waals surface area contributed by atoms with E-state index in [0.29, 0.717) is 0 Å². The topological polar surface area (TPSA) is 24.9 Å². The number of halogens is 1. The van der Waals surface area contributed by atoms with Gasteiger partial charge in [0.05, 0.1) is 6.04 Å². The number of pyridine rings is 1. The first-order valence-corrected chi connectivity index (χ1v) is 8.12.